The van der Waals surface area contributed by atoms with Gasteiger partial charge in [-0.2, -0.15) is 0 Å². The van der Waals surface area contributed by atoms with Crippen LogP contribution in [0.5, 0.6) is 5.75 Å². The van der Waals surface area contributed by atoms with Crippen molar-refractivity contribution in [2.45, 2.75) is 33.4 Å². The van der Waals surface area contributed by atoms with Gasteiger partial charge in [0.1, 0.15) is 27.1 Å². The first-order valence-corrected chi connectivity index (χ1v) is 7.99. The average molecular weight is 317 g/mol. The topological polar surface area (TPSA) is 60.2 Å². The summed E-state index contributed by atoms with van der Waals surface area (Å²) in [4.78, 5) is 0. The maximum atomic E-state index is 6.00. The molecule has 0 saturated carbocycles. The Labute approximate surface area is 133 Å². The second-order valence-electron chi connectivity index (χ2n) is 5.27. The summed E-state index contributed by atoms with van der Waals surface area (Å²) in [5, 5.41) is 14.7. The minimum atomic E-state index is 0.0996. The van der Waals surface area contributed by atoms with E-state index in [1.807, 2.05) is 25.1 Å². The quantitative estimate of drug-likeness (QED) is 0.776. The highest BCUT2D eigenvalue weighted by Gasteiger charge is 2.17. The molecule has 22 heavy (non-hydrogen) atoms. The fourth-order valence-electron chi connectivity index (χ4n) is 2.50. The van der Waals surface area contributed by atoms with Gasteiger partial charge in [0.2, 0.25) is 0 Å². The Balaban J connectivity index is 1.81. The number of methoxy groups -OCH3 is 1. The molecule has 0 aliphatic heterocycles. The van der Waals surface area contributed by atoms with E-state index in [0.29, 0.717) is 6.54 Å². The Morgan fingerprint density at radius 2 is 2.14 bits per heavy atom. The molecule has 0 spiro atoms. The summed E-state index contributed by atoms with van der Waals surface area (Å²) in [5.74, 6) is 1.79. The van der Waals surface area contributed by atoms with Crippen LogP contribution in [0, 0.1) is 13.8 Å². The Kier molecular flexibility index (Phi) is 4.13. The average Bonchev–Trinajstić information content (AvgIpc) is 3.08. The molecule has 2 heterocycles. The van der Waals surface area contributed by atoms with E-state index in [1.165, 1.54) is 0 Å². The van der Waals surface area contributed by atoms with Gasteiger partial charge in [0.05, 0.1) is 19.7 Å². The largest absolute Gasteiger partial charge is 0.497 e. The van der Waals surface area contributed by atoms with Crippen LogP contribution in [0.1, 0.15) is 34.3 Å². The van der Waals surface area contributed by atoms with E-state index in [1.54, 1.807) is 18.4 Å². The lowest BCUT2D eigenvalue weighted by Crippen LogP contribution is -2.18. The Morgan fingerprint density at radius 3 is 2.82 bits per heavy atom. The van der Waals surface area contributed by atoms with Gasteiger partial charge in [-0.25, -0.2) is 0 Å². The van der Waals surface area contributed by atoms with E-state index >= 15 is 0 Å². The number of nitrogens with zero attached hydrogens (tertiary/aromatic N) is 2. The van der Waals surface area contributed by atoms with Gasteiger partial charge in [0.15, 0.2) is 0 Å². The SMILES string of the molecule is COc1ccc2oc([C@H](C)NCc3nnc(C)s3)c(C)c2c1. The number of hydrogen-bond donors (Lipinski definition) is 1. The van der Waals surface area contributed by atoms with Gasteiger partial charge in [0.25, 0.3) is 0 Å². The normalized spacial score (nSPS) is 12.7. The Morgan fingerprint density at radius 1 is 1.32 bits per heavy atom. The molecule has 3 aromatic rings. The van der Waals surface area contributed by atoms with Crippen LogP contribution in [0.3, 0.4) is 0 Å². The molecule has 3 rings (SSSR count). The minimum absolute atomic E-state index is 0.0996. The fraction of sp³-hybridized carbons (Fsp3) is 0.375. The van der Waals surface area contributed by atoms with Crippen molar-refractivity contribution in [3.8, 4) is 5.75 Å². The van der Waals surface area contributed by atoms with Crippen LogP contribution in [0.15, 0.2) is 22.6 Å². The molecule has 6 heteroatoms. The molecule has 5 nitrogen and oxygen atoms in total. The molecular formula is C16H19N3O2S. The Hall–Kier alpha value is -1.92. The van der Waals surface area contributed by atoms with Crippen LogP contribution >= 0.6 is 11.3 Å². The number of aryl methyl sites for hydroxylation is 2. The first-order valence-electron chi connectivity index (χ1n) is 7.18. The molecule has 0 fully saturated rings. The fourth-order valence-corrected chi connectivity index (χ4v) is 3.16. The van der Waals surface area contributed by atoms with Gasteiger partial charge in [-0.3, -0.25) is 0 Å². The summed E-state index contributed by atoms with van der Waals surface area (Å²) >= 11 is 1.61. The first-order chi connectivity index (χ1) is 10.6. The van der Waals surface area contributed by atoms with Crippen molar-refractivity contribution in [1.29, 1.82) is 0 Å². The van der Waals surface area contributed by atoms with Crippen molar-refractivity contribution in [3.63, 3.8) is 0 Å². The summed E-state index contributed by atoms with van der Waals surface area (Å²) in [6, 6.07) is 5.98. The number of furan rings is 1. The second kappa shape index (κ2) is 6.06. The second-order valence-corrected chi connectivity index (χ2v) is 6.54. The first kappa shape index (κ1) is 15.0. The van der Waals surface area contributed by atoms with E-state index in [-0.39, 0.29) is 6.04 Å². The monoisotopic (exact) mass is 317 g/mol. The number of ether oxygens (including phenoxy) is 1. The van der Waals surface area contributed by atoms with Crippen LogP contribution in [0.25, 0.3) is 11.0 Å². The Bertz CT molecular complexity index is 794. The van der Waals surface area contributed by atoms with E-state index < -0.39 is 0 Å². The van der Waals surface area contributed by atoms with Crippen molar-refractivity contribution < 1.29 is 9.15 Å². The number of benzene rings is 1. The molecule has 1 N–H and O–H groups in total. The summed E-state index contributed by atoms with van der Waals surface area (Å²) in [5.41, 5.74) is 2.02. The number of nitrogens with one attached hydrogen (secondary N) is 1. The van der Waals surface area contributed by atoms with E-state index in [4.69, 9.17) is 9.15 Å². The summed E-state index contributed by atoms with van der Waals surface area (Å²) < 4.78 is 11.3. The highest BCUT2D eigenvalue weighted by atomic mass is 32.1. The lowest BCUT2D eigenvalue weighted by Gasteiger charge is -2.10. The van der Waals surface area contributed by atoms with Gasteiger partial charge >= 0.3 is 0 Å². The van der Waals surface area contributed by atoms with E-state index in [0.717, 1.165) is 38.1 Å². The van der Waals surface area contributed by atoms with Gasteiger partial charge < -0.3 is 14.5 Å². The zero-order valence-corrected chi connectivity index (χ0v) is 14.0. The lowest BCUT2D eigenvalue weighted by molar-refractivity contribution is 0.415. The van der Waals surface area contributed by atoms with Gasteiger partial charge in [0, 0.05) is 10.9 Å². The third kappa shape index (κ3) is 2.84. The molecule has 0 radical (unpaired) electrons. The third-order valence-electron chi connectivity index (χ3n) is 3.70. The zero-order chi connectivity index (χ0) is 15.7. The van der Waals surface area contributed by atoms with Crippen molar-refractivity contribution >= 4 is 22.3 Å². The van der Waals surface area contributed by atoms with E-state index in [9.17, 15) is 0 Å². The molecule has 1 atom stereocenters. The lowest BCUT2D eigenvalue weighted by atomic mass is 10.1. The van der Waals surface area contributed by atoms with Crippen LogP contribution in [-0.4, -0.2) is 17.3 Å². The number of fused-ring (bicyclic) bond motifs is 1. The van der Waals surface area contributed by atoms with Crippen LogP contribution in [-0.2, 0) is 6.54 Å². The van der Waals surface area contributed by atoms with Gasteiger partial charge in [-0.05, 0) is 39.0 Å². The molecule has 0 unspecified atom stereocenters. The highest BCUT2D eigenvalue weighted by molar-refractivity contribution is 7.11. The number of rotatable bonds is 5. The summed E-state index contributed by atoms with van der Waals surface area (Å²) in [7, 11) is 1.67. The standard InChI is InChI=1S/C16H19N3O2S/c1-9-13-7-12(20-4)5-6-14(13)21-16(9)10(2)17-8-15-19-18-11(3)22-15/h5-7,10,17H,8H2,1-4H3/t10-/m0/s1. The molecule has 1 aromatic carbocycles. The highest BCUT2D eigenvalue weighted by Crippen LogP contribution is 2.32. The zero-order valence-electron chi connectivity index (χ0n) is 13.1. The molecule has 116 valence electrons. The van der Waals surface area contributed by atoms with Crippen molar-refractivity contribution in [3.05, 3.63) is 39.5 Å². The predicted octanol–water partition coefficient (Wildman–Crippen LogP) is 3.76. The van der Waals surface area contributed by atoms with Crippen LogP contribution in [0.2, 0.25) is 0 Å². The third-order valence-corrected chi connectivity index (χ3v) is 4.54. The van der Waals surface area contributed by atoms with Gasteiger partial charge in [-0.1, -0.05) is 0 Å². The van der Waals surface area contributed by atoms with Crippen LogP contribution < -0.4 is 10.1 Å². The van der Waals surface area contributed by atoms with E-state index in [2.05, 4.69) is 29.4 Å². The predicted molar refractivity (Wildman–Crippen MR) is 87.4 cm³/mol. The number of hydrogen-bond acceptors (Lipinski definition) is 6. The smallest absolute Gasteiger partial charge is 0.134 e. The molecule has 0 saturated heterocycles. The van der Waals surface area contributed by atoms with Crippen molar-refractivity contribution in [2.24, 2.45) is 0 Å². The summed E-state index contributed by atoms with van der Waals surface area (Å²) in [6.45, 7) is 6.82. The molecule has 0 amide bonds. The molecule has 0 bridgehead atoms. The minimum Gasteiger partial charge on any atom is -0.497 e. The summed E-state index contributed by atoms with van der Waals surface area (Å²) in [6.07, 6.45) is 0. The molecule has 2 aromatic heterocycles. The maximum absolute atomic E-state index is 6.00. The van der Waals surface area contributed by atoms with Gasteiger partial charge in [-0.15, -0.1) is 21.5 Å². The van der Waals surface area contributed by atoms with Crippen LogP contribution in [0.4, 0.5) is 0 Å². The number of aromatic nitrogens is 2. The van der Waals surface area contributed by atoms with Crippen molar-refractivity contribution in [1.82, 2.24) is 15.5 Å². The molecule has 0 aliphatic rings. The molecular weight excluding hydrogens is 298 g/mol. The van der Waals surface area contributed by atoms with Crippen molar-refractivity contribution in [2.75, 3.05) is 7.11 Å². The molecule has 0 aliphatic carbocycles. The maximum Gasteiger partial charge on any atom is 0.134 e.